The average molecular weight is 330 g/mol. The predicted molar refractivity (Wildman–Crippen MR) is 74.0 cm³/mol. The van der Waals surface area contributed by atoms with E-state index in [4.69, 9.17) is 17.3 Å². The van der Waals surface area contributed by atoms with Crippen molar-refractivity contribution in [1.29, 1.82) is 0 Å². The van der Waals surface area contributed by atoms with E-state index < -0.39 is 0 Å². The molecular weight excluding hydrogens is 319 g/mol. The third-order valence-electron chi connectivity index (χ3n) is 2.59. The first-order valence-electron chi connectivity index (χ1n) is 5.38. The summed E-state index contributed by atoms with van der Waals surface area (Å²) in [5, 5.41) is 0.379. The molecule has 0 aliphatic heterocycles. The highest BCUT2D eigenvalue weighted by atomic mass is 79.9. The van der Waals surface area contributed by atoms with Gasteiger partial charge >= 0.3 is 0 Å². The molecule has 18 heavy (non-hydrogen) atoms. The van der Waals surface area contributed by atoms with Gasteiger partial charge in [-0.2, -0.15) is 0 Å². The normalized spacial score (nSPS) is 12.4. The van der Waals surface area contributed by atoms with Crippen LogP contribution in [-0.4, -0.2) is 4.98 Å². The first-order valence-corrected chi connectivity index (χ1v) is 6.55. The Morgan fingerprint density at radius 2 is 2.17 bits per heavy atom. The zero-order valence-corrected chi connectivity index (χ0v) is 11.7. The van der Waals surface area contributed by atoms with Gasteiger partial charge in [-0.25, -0.2) is 4.39 Å². The molecule has 0 radical (unpaired) electrons. The molecule has 5 heteroatoms. The molecular formula is C13H11BrClFN2. The Morgan fingerprint density at radius 3 is 2.83 bits per heavy atom. The maximum absolute atomic E-state index is 13.7. The van der Waals surface area contributed by atoms with E-state index in [0.717, 1.165) is 4.47 Å². The lowest BCUT2D eigenvalue weighted by molar-refractivity contribution is 0.589. The molecule has 2 rings (SSSR count). The van der Waals surface area contributed by atoms with E-state index in [1.807, 2.05) is 12.1 Å². The molecule has 0 aliphatic carbocycles. The fourth-order valence-electron chi connectivity index (χ4n) is 1.69. The van der Waals surface area contributed by atoms with E-state index in [1.54, 1.807) is 18.3 Å². The highest BCUT2D eigenvalue weighted by Crippen LogP contribution is 2.24. The topological polar surface area (TPSA) is 38.9 Å². The van der Waals surface area contributed by atoms with Crippen molar-refractivity contribution in [3.8, 4) is 0 Å². The molecule has 0 spiro atoms. The van der Waals surface area contributed by atoms with Crippen LogP contribution in [0.25, 0.3) is 0 Å². The predicted octanol–water partition coefficient (Wildman–Crippen LogP) is 3.88. The Balaban J connectivity index is 2.21. The monoisotopic (exact) mass is 328 g/mol. The van der Waals surface area contributed by atoms with Crippen LogP contribution in [0.15, 0.2) is 41.0 Å². The Bertz CT molecular complexity index is 562. The molecule has 0 saturated heterocycles. The zero-order chi connectivity index (χ0) is 13.1. The number of aromatic nitrogens is 1. The van der Waals surface area contributed by atoms with Crippen molar-refractivity contribution in [2.75, 3.05) is 0 Å². The van der Waals surface area contributed by atoms with Crippen LogP contribution in [0, 0.1) is 5.82 Å². The van der Waals surface area contributed by atoms with E-state index in [0.29, 0.717) is 22.7 Å². The number of nitrogens with zero attached hydrogens (tertiary/aromatic N) is 1. The van der Waals surface area contributed by atoms with Crippen LogP contribution in [0.1, 0.15) is 17.3 Å². The van der Waals surface area contributed by atoms with E-state index in [2.05, 4.69) is 20.9 Å². The molecule has 0 fully saturated rings. The fraction of sp³-hybridized carbons (Fsp3) is 0.154. The summed E-state index contributed by atoms with van der Waals surface area (Å²) < 4.78 is 14.5. The molecule has 2 aromatic rings. The van der Waals surface area contributed by atoms with Gasteiger partial charge in [0.1, 0.15) is 5.82 Å². The largest absolute Gasteiger partial charge is 0.322 e. The molecule has 1 heterocycles. The summed E-state index contributed by atoms with van der Waals surface area (Å²) in [7, 11) is 0. The molecule has 0 saturated carbocycles. The molecule has 2 nitrogen and oxygen atoms in total. The van der Waals surface area contributed by atoms with Crippen LogP contribution in [0.4, 0.5) is 4.39 Å². The van der Waals surface area contributed by atoms with Crippen LogP contribution < -0.4 is 5.73 Å². The second-order valence-corrected chi connectivity index (χ2v) is 5.21. The summed E-state index contributed by atoms with van der Waals surface area (Å²) in [4.78, 5) is 4.20. The number of hydrogen-bond donors (Lipinski definition) is 1. The smallest absolute Gasteiger partial charge is 0.127 e. The summed E-state index contributed by atoms with van der Waals surface area (Å²) in [5.41, 5.74) is 7.29. The molecule has 0 bridgehead atoms. The van der Waals surface area contributed by atoms with E-state index >= 15 is 0 Å². The maximum atomic E-state index is 13.7. The minimum atomic E-state index is -0.365. The Labute approximate surface area is 118 Å². The lowest BCUT2D eigenvalue weighted by atomic mass is 10.0. The van der Waals surface area contributed by atoms with Crippen molar-refractivity contribution in [3.63, 3.8) is 0 Å². The zero-order valence-electron chi connectivity index (χ0n) is 9.41. The second kappa shape index (κ2) is 5.78. The fourth-order valence-corrected chi connectivity index (χ4v) is 2.40. The summed E-state index contributed by atoms with van der Waals surface area (Å²) in [6, 6.07) is 7.89. The molecule has 1 atom stereocenters. The number of halogens is 3. The number of pyridine rings is 1. The number of hydrogen-bond acceptors (Lipinski definition) is 2. The first kappa shape index (κ1) is 13.5. The van der Waals surface area contributed by atoms with Crippen LogP contribution in [0.5, 0.6) is 0 Å². The number of rotatable bonds is 3. The summed E-state index contributed by atoms with van der Waals surface area (Å²) in [6.45, 7) is 0. The van der Waals surface area contributed by atoms with Crippen molar-refractivity contribution < 1.29 is 4.39 Å². The summed E-state index contributed by atoms with van der Waals surface area (Å²) in [5.74, 6) is -0.343. The Morgan fingerprint density at radius 1 is 1.39 bits per heavy atom. The average Bonchev–Trinajstić information content (AvgIpc) is 2.33. The molecule has 94 valence electrons. The SMILES string of the molecule is NC(Cc1ccc(Cl)cc1F)c1ncccc1Br. The third-order valence-corrected chi connectivity index (χ3v) is 3.50. The number of nitrogens with two attached hydrogens (primary N) is 1. The van der Waals surface area contributed by atoms with Gasteiger partial charge in [0, 0.05) is 15.7 Å². The molecule has 0 aliphatic rings. The van der Waals surface area contributed by atoms with Crippen LogP contribution >= 0.6 is 27.5 Å². The summed E-state index contributed by atoms with van der Waals surface area (Å²) >= 11 is 9.09. The van der Waals surface area contributed by atoms with Gasteiger partial charge in [-0.05, 0) is 52.2 Å². The van der Waals surface area contributed by atoms with Gasteiger partial charge in [0.05, 0.1) is 11.7 Å². The van der Waals surface area contributed by atoms with Crippen LogP contribution in [0.2, 0.25) is 5.02 Å². The van der Waals surface area contributed by atoms with E-state index in [9.17, 15) is 4.39 Å². The molecule has 1 aromatic carbocycles. The highest BCUT2D eigenvalue weighted by molar-refractivity contribution is 9.10. The quantitative estimate of drug-likeness (QED) is 0.928. The molecule has 1 aromatic heterocycles. The van der Waals surface area contributed by atoms with Crippen molar-refractivity contribution in [3.05, 3.63) is 63.1 Å². The van der Waals surface area contributed by atoms with E-state index in [1.165, 1.54) is 6.07 Å². The maximum Gasteiger partial charge on any atom is 0.127 e. The van der Waals surface area contributed by atoms with Gasteiger partial charge in [-0.15, -0.1) is 0 Å². The van der Waals surface area contributed by atoms with Gasteiger partial charge in [0.2, 0.25) is 0 Å². The number of benzene rings is 1. The molecule has 1 unspecified atom stereocenters. The van der Waals surface area contributed by atoms with E-state index in [-0.39, 0.29) is 11.9 Å². The van der Waals surface area contributed by atoms with Gasteiger partial charge in [-0.1, -0.05) is 17.7 Å². The first-order chi connectivity index (χ1) is 8.58. The minimum Gasteiger partial charge on any atom is -0.322 e. The van der Waals surface area contributed by atoms with Crippen molar-refractivity contribution in [1.82, 2.24) is 4.98 Å². The lowest BCUT2D eigenvalue weighted by Crippen LogP contribution is -2.16. The molecule has 0 amide bonds. The minimum absolute atomic E-state index is 0.343. The van der Waals surface area contributed by atoms with Gasteiger partial charge < -0.3 is 5.73 Å². The summed E-state index contributed by atoms with van der Waals surface area (Å²) in [6.07, 6.45) is 2.04. The third kappa shape index (κ3) is 3.07. The molecule has 2 N–H and O–H groups in total. The second-order valence-electron chi connectivity index (χ2n) is 3.92. The standard InChI is InChI=1S/C13H11BrClFN2/c14-10-2-1-5-18-13(10)12(17)6-8-3-4-9(15)7-11(8)16/h1-5,7,12H,6,17H2. The van der Waals surface area contributed by atoms with Crippen LogP contribution in [-0.2, 0) is 6.42 Å². The van der Waals surface area contributed by atoms with Crippen molar-refractivity contribution in [2.45, 2.75) is 12.5 Å². The highest BCUT2D eigenvalue weighted by Gasteiger charge is 2.14. The van der Waals surface area contributed by atoms with Crippen molar-refractivity contribution >= 4 is 27.5 Å². The Kier molecular flexibility index (Phi) is 4.32. The lowest BCUT2D eigenvalue weighted by Gasteiger charge is -2.13. The Hall–Kier alpha value is -0.970. The van der Waals surface area contributed by atoms with Crippen molar-refractivity contribution in [2.24, 2.45) is 5.73 Å². The van der Waals surface area contributed by atoms with Gasteiger partial charge in [-0.3, -0.25) is 4.98 Å². The van der Waals surface area contributed by atoms with Crippen LogP contribution in [0.3, 0.4) is 0 Å². The van der Waals surface area contributed by atoms with Gasteiger partial charge in [0.25, 0.3) is 0 Å². The van der Waals surface area contributed by atoms with Gasteiger partial charge in [0.15, 0.2) is 0 Å².